The second-order valence-electron chi connectivity index (χ2n) is 5.47. The summed E-state index contributed by atoms with van der Waals surface area (Å²) in [5.41, 5.74) is 3.03. The Hall–Kier alpha value is -2.67. The Morgan fingerprint density at radius 3 is 2.75 bits per heavy atom. The highest BCUT2D eigenvalue weighted by atomic mass is 32.1. The minimum absolute atomic E-state index is 0.195. The summed E-state index contributed by atoms with van der Waals surface area (Å²) in [5, 5.41) is 8.38. The van der Waals surface area contributed by atoms with Crippen LogP contribution in [0.2, 0.25) is 0 Å². The van der Waals surface area contributed by atoms with Crippen LogP contribution in [0.15, 0.2) is 48.4 Å². The predicted molar refractivity (Wildman–Crippen MR) is 95.2 cm³/mol. The first-order valence-electron chi connectivity index (χ1n) is 7.65. The molecule has 1 atom stereocenters. The number of benzene rings is 1. The van der Waals surface area contributed by atoms with Gasteiger partial charge in [-0.15, -0.1) is 11.3 Å². The molecule has 0 aliphatic heterocycles. The maximum Gasteiger partial charge on any atom is 0.319 e. The molecule has 0 saturated heterocycles. The number of aromatic nitrogens is 3. The van der Waals surface area contributed by atoms with Crippen molar-refractivity contribution in [2.75, 3.05) is 5.32 Å². The van der Waals surface area contributed by atoms with Crippen LogP contribution in [0.1, 0.15) is 29.2 Å². The van der Waals surface area contributed by atoms with E-state index in [9.17, 15) is 4.79 Å². The van der Waals surface area contributed by atoms with E-state index in [-0.39, 0.29) is 12.1 Å². The van der Waals surface area contributed by atoms with Crippen LogP contribution < -0.4 is 10.6 Å². The molecule has 2 aromatic heterocycles. The molecule has 0 bridgehead atoms. The minimum Gasteiger partial charge on any atom is -0.331 e. The fourth-order valence-corrected chi connectivity index (χ4v) is 3.01. The molecule has 2 N–H and O–H groups in total. The Bertz CT molecular complexity index is 795. The summed E-state index contributed by atoms with van der Waals surface area (Å²) in [6.45, 7) is 4.59. The van der Waals surface area contributed by atoms with Crippen molar-refractivity contribution in [3.63, 3.8) is 0 Å². The van der Waals surface area contributed by atoms with Crippen LogP contribution >= 0.6 is 11.3 Å². The van der Waals surface area contributed by atoms with E-state index in [1.54, 1.807) is 6.20 Å². The van der Waals surface area contributed by atoms with Gasteiger partial charge in [-0.25, -0.2) is 14.8 Å². The van der Waals surface area contributed by atoms with E-state index in [4.69, 9.17) is 0 Å². The highest BCUT2D eigenvalue weighted by Crippen LogP contribution is 2.21. The lowest BCUT2D eigenvalue weighted by Crippen LogP contribution is -2.28. The highest BCUT2D eigenvalue weighted by Gasteiger charge is 2.10. The number of carbonyl (C=O) groups is 1. The third kappa shape index (κ3) is 3.80. The first kappa shape index (κ1) is 16.2. The average Bonchev–Trinajstić information content (AvgIpc) is 3.24. The van der Waals surface area contributed by atoms with Crippen molar-refractivity contribution in [1.29, 1.82) is 0 Å². The van der Waals surface area contributed by atoms with Gasteiger partial charge in [0.05, 0.1) is 18.9 Å². The molecule has 124 valence electrons. The van der Waals surface area contributed by atoms with Gasteiger partial charge in [0.15, 0.2) is 0 Å². The topological polar surface area (TPSA) is 71.8 Å². The molecule has 6 nitrogen and oxygen atoms in total. The molecule has 3 aromatic rings. The normalized spacial score (nSPS) is 11.9. The number of thiazole rings is 1. The van der Waals surface area contributed by atoms with Gasteiger partial charge in [-0.3, -0.25) is 0 Å². The monoisotopic (exact) mass is 341 g/mol. The molecule has 0 aliphatic rings. The van der Waals surface area contributed by atoms with Crippen LogP contribution in [0.3, 0.4) is 0 Å². The zero-order valence-electron chi connectivity index (χ0n) is 13.6. The lowest BCUT2D eigenvalue weighted by atomic mass is 10.1. The van der Waals surface area contributed by atoms with Crippen molar-refractivity contribution in [3.8, 4) is 0 Å². The molecule has 0 spiro atoms. The van der Waals surface area contributed by atoms with Gasteiger partial charge in [-0.1, -0.05) is 12.1 Å². The third-order valence-electron chi connectivity index (χ3n) is 3.81. The van der Waals surface area contributed by atoms with Crippen LogP contribution in [0, 0.1) is 6.92 Å². The van der Waals surface area contributed by atoms with Gasteiger partial charge in [0.1, 0.15) is 5.01 Å². The zero-order valence-corrected chi connectivity index (χ0v) is 14.4. The zero-order chi connectivity index (χ0) is 16.9. The van der Waals surface area contributed by atoms with Gasteiger partial charge < -0.3 is 15.2 Å². The largest absolute Gasteiger partial charge is 0.331 e. The molecule has 7 heteroatoms. The number of aryl methyl sites for hydroxylation is 1. The van der Waals surface area contributed by atoms with Gasteiger partial charge in [-0.2, -0.15) is 0 Å². The Kier molecular flexibility index (Phi) is 4.90. The summed E-state index contributed by atoms with van der Waals surface area (Å²) in [5.74, 6) is 0. The first-order chi connectivity index (χ1) is 11.6. The molecule has 24 heavy (non-hydrogen) atoms. The second-order valence-corrected chi connectivity index (χ2v) is 6.45. The minimum atomic E-state index is -0.239. The number of hydrogen-bond acceptors (Lipinski definition) is 4. The molecule has 0 saturated carbocycles. The van der Waals surface area contributed by atoms with Gasteiger partial charge in [-0.05, 0) is 31.5 Å². The number of amides is 2. The Balaban J connectivity index is 1.58. The van der Waals surface area contributed by atoms with E-state index in [1.165, 1.54) is 11.3 Å². The first-order valence-corrected chi connectivity index (χ1v) is 8.53. The van der Waals surface area contributed by atoms with E-state index >= 15 is 0 Å². The third-order valence-corrected chi connectivity index (χ3v) is 4.59. The summed E-state index contributed by atoms with van der Waals surface area (Å²) in [6.07, 6.45) is 5.40. The van der Waals surface area contributed by atoms with Crippen LogP contribution in [-0.4, -0.2) is 20.6 Å². The van der Waals surface area contributed by atoms with Crippen molar-refractivity contribution in [3.05, 3.63) is 64.6 Å². The maximum absolute atomic E-state index is 11.9. The van der Waals surface area contributed by atoms with E-state index in [1.807, 2.05) is 49.1 Å². The maximum atomic E-state index is 11.9. The van der Waals surface area contributed by atoms with Crippen LogP contribution in [0.4, 0.5) is 10.5 Å². The molecule has 3 rings (SSSR count). The number of nitrogens with one attached hydrogen (secondary N) is 2. The molecule has 0 radical (unpaired) electrons. The highest BCUT2D eigenvalue weighted by molar-refractivity contribution is 7.09. The number of carbonyl (C=O) groups excluding carboxylic acids is 1. The van der Waals surface area contributed by atoms with E-state index in [2.05, 4.69) is 32.1 Å². The number of nitrogens with zero attached hydrogens (tertiary/aromatic N) is 3. The van der Waals surface area contributed by atoms with Crippen molar-refractivity contribution >= 4 is 23.1 Å². The van der Waals surface area contributed by atoms with Crippen molar-refractivity contribution in [2.45, 2.75) is 26.4 Å². The van der Waals surface area contributed by atoms with Gasteiger partial charge in [0.2, 0.25) is 0 Å². The number of hydrogen-bond donors (Lipinski definition) is 2. The molecule has 0 aliphatic carbocycles. The summed E-state index contributed by atoms with van der Waals surface area (Å²) < 4.78 is 2.11. The quantitative estimate of drug-likeness (QED) is 0.745. The molecule has 2 heterocycles. The molecule has 0 fully saturated rings. The van der Waals surface area contributed by atoms with Crippen molar-refractivity contribution < 1.29 is 4.79 Å². The second kappa shape index (κ2) is 7.27. The standard InChI is InChI=1S/C17H19N5OS/c1-12-9-18-11-22(12)13(2)14-3-5-15(6-4-14)21-17(23)20-10-16-19-7-8-24-16/h3-9,11,13H,10H2,1-2H3,(H2,20,21,23)/t13-/m0/s1. The van der Waals surface area contributed by atoms with Gasteiger partial charge >= 0.3 is 6.03 Å². The predicted octanol–water partition coefficient (Wildman–Crippen LogP) is 3.58. The summed E-state index contributed by atoms with van der Waals surface area (Å²) in [4.78, 5) is 20.2. The molecule has 2 amide bonds. The smallest absolute Gasteiger partial charge is 0.319 e. The van der Waals surface area contributed by atoms with Gasteiger partial charge in [0, 0.05) is 29.2 Å². The van der Waals surface area contributed by atoms with Crippen LogP contribution in [-0.2, 0) is 6.54 Å². The van der Waals surface area contributed by atoms with Crippen LogP contribution in [0.5, 0.6) is 0 Å². The fourth-order valence-electron chi connectivity index (χ4n) is 2.45. The summed E-state index contributed by atoms with van der Waals surface area (Å²) >= 11 is 1.52. The lowest BCUT2D eigenvalue weighted by Gasteiger charge is -2.16. The molecular weight excluding hydrogens is 322 g/mol. The van der Waals surface area contributed by atoms with E-state index in [0.29, 0.717) is 6.54 Å². The number of rotatable bonds is 5. The Morgan fingerprint density at radius 1 is 1.33 bits per heavy atom. The fraction of sp³-hybridized carbons (Fsp3) is 0.235. The summed E-state index contributed by atoms with van der Waals surface area (Å²) in [7, 11) is 0. The van der Waals surface area contributed by atoms with Crippen LogP contribution in [0.25, 0.3) is 0 Å². The summed E-state index contributed by atoms with van der Waals surface area (Å²) in [6, 6.07) is 7.79. The average molecular weight is 341 g/mol. The number of urea groups is 1. The van der Waals surface area contributed by atoms with Crippen molar-refractivity contribution in [1.82, 2.24) is 19.9 Å². The Morgan fingerprint density at radius 2 is 2.12 bits per heavy atom. The van der Waals surface area contributed by atoms with Gasteiger partial charge in [0.25, 0.3) is 0 Å². The number of anilines is 1. The van der Waals surface area contributed by atoms with Crippen molar-refractivity contribution in [2.24, 2.45) is 0 Å². The number of imidazole rings is 1. The Labute approximate surface area is 144 Å². The lowest BCUT2D eigenvalue weighted by molar-refractivity contribution is 0.251. The molecule has 0 unspecified atom stereocenters. The molecule has 1 aromatic carbocycles. The molecular formula is C17H19N5OS. The van der Waals surface area contributed by atoms with E-state index < -0.39 is 0 Å². The SMILES string of the molecule is Cc1cncn1[C@@H](C)c1ccc(NC(=O)NCc2nccs2)cc1. The van der Waals surface area contributed by atoms with E-state index in [0.717, 1.165) is 22.0 Å².